The molecule has 0 saturated heterocycles. The van der Waals surface area contributed by atoms with Gasteiger partial charge in [0.05, 0.1) is 26.4 Å². The third-order valence-corrected chi connectivity index (χ3v) is 21.9. The minimum Gasteiger partial charge on any atom is -0.462 e. The lowest BCUT2D eigenvalue weighted by Crippen LogP contribution is -2.30. The number of hydrogen-bond donors (Lipinski definition) is 3. The number of aliphatic hydroxyl groups excluding tert-OH is 1. The molecule has 0 aromatic heterocycles. The molecule has 104 heavy (non-hydrogen) atoms. The monoisotopic (exact) mass is 1520 g/mol. The van der Waals surface area contributed by atoms with E-state index < -0.39 is 97.5 Å². The van der Waals surface area contributed by atoms with Gasteiger partial charge in [-0.25, -0.2) is 9.13 Å². The first-order chi connectivity index (χ1) is 50.5. The van der Waals surface area contributed by atoms with Gasteiger partial charge in [-0.15, -0.1) is 0 Å². The van der Waals surface area contributed by atoms with Crippen LogP contribution < -0.4 is 0 Å². The molecule has 0 saturated carbocycles. The topological polar surface area (TPSA) is 237 Å². The smallest absolute Gasteiger partial charge is 0.462 e. The lowest BCUT2D eigenvalue weighted by atomic mass is 10.0. The summed E-state index contributed by atoms with van der Waals surface area (Å²) >= 11 is 0. The fraction of sp³-hybridized carbons (Fsp3) is 0.953. The lowest BCUT2D eigenvalue weighted by molar-refractivity contribution is -0.161. The van der Waals surface area contributed by atoms with Crippen molar-refractivity contribution in [3.63, 3.8) is 0 Å². The first-order valence-corrected chi connectivity index (χ1v) is 47.1. The predicted molar refractivity (Wildman–Crippen MR) is 428 cm³/mol. The van der Waals surface area contributed by atoms with Gasteiger partial charge in [0.2, 0.25) is 0 Å². The van der Waals surface area contributed by atoms with E-state index in [0.717, 1.165) is 102 Å². The van der Waals surface area contributed by atoms with Gasteiger partial charge in [0, 0.05) is 25.7 Å². The number of unbranched alkanes of at least 4 members (excludes halogenated alkanes) is 57. The zero-order valence-corrected chi connectivity index (χ0v) is 70.0. The Morgan fingerprint density at radius 1 is 0.260 bits per heavy atom. The van der Waals surface area contributed by atoms with E-state index >= 15 is 0 Å². The van der Waals surface area contributed by atoms with Crippen LogP contribution in [0.25, 0.3) is 0 Å². The van der Waals surface area contributed by atoms with Gasteiger partial charge >= 0.3 is 39.5 Å². The molecular formula is C85H166O17P2. The number of rotatable bonds is 85. The number of hydrogen-bond acceptors (Lipinski definition) is 15. The van der Waals surface area contributed by atoms with Gasteiger partial charge in [0.1, 0.15) is 19.3 Å². The van der Waals surface area contributed by atoms with Crippen LogP contribution in [0.4, 0.5) is 0 Å². The summed E-state index contributed by atoms with van der Waals surface area (Å²) in [7, 11) is -9.91. The van der Waals surface area contributed by atoms with E-state index in [0.29, 0.717) is 25.7 Å². The standard InChI is InChI=1S/C85H166O17P2/c1-6-9-12-15-17-19-21-23-25-27-29-31-32-34-36-38-43-47-51-55-60-66-71-85(90)102-81(75-96-83(88)69-64-59-54-50-46-42-37-35-33-30-28-26-24-22-20-18-16-13-10-7-2)77-100-104(93,94)98-73-79(86)72-97-103(91,92)99-76-80(74-95-82(87)68-63-57-14-11-8-3)101-84(89)70-65-61-56-52-48-44-40-39-41-45-49-53-58-62-67-78(4)5/h78-81,86H,6-77H2,1-5H3,(H,91,92)(H,93,94)/t79-,80+,81+/m0/s1. The van der Waals surface area contributed by atoms with Crippen LogP contribution in [0, 0.1) is 5.92 Å². The highest BCUT2D eigenvalue weighted by molar-refractivity contribution is 7.47. The van der Waals surface area contributed by atoms with Crippen molar-refractivity contribution in [2.24, 2.45) is 5.92 Å². The van der Waals surface area contributed by atoms with Gasteiger partial charge in [0.25, 0.3) is 0 Å². The zero-order chi connectivity index (χ0) is 76.2. The molecule has 2 unspecified atom stereocenters. The maximum absolute atomic E-state index is 13.1. The molecule has 0 aromatic rings. The molecule has 0 aromatic carbocycles. The molecule has 0 radical (unpaired) electrons. The van der Waals surface area contributed by atoms with Crippen molar-refractivity contribution >= 4 is 39.5 Å². The summed E-state index contributed by atoms with van der Waals surface area (Å²) in [5, 5.41) is 10.6. The zero-order valence-electron chi connectivity index (χ0n) is 68.2. The van der Waals surface area contributed by atoms with Crippen molar-refractivity contribution in [1.82, 2.24) is 0 Å². The van der Waals surface area contributed by atoms with E-state index in [1.807, 2.05) is 0 Å². The first kappa shape index (κ1) is 102. The van der Waals surface area contributed by atoms with Gasteiger partial charge in [-0.3, -0.25) is 37.3 Å². The summed E-state index contributed by atoms with van der Waals surface area (Å²) in [6.07, 6.45) is 71.5. The third-order valence-electron chi connectivity index (χ3n) is 20.0. The van der Waals surface area contributed by atoms with Crippen molar-refractivity contribution in [2.45, 2.75) is 477 Å². The number of esters is 4. The second-order valence-electron chi connectivity index (χ2n) is 31.1. The van der Waals surface area contributed by atoms with Crippen LogP contribution in [0.15, 0.2) is 0 Å². The molecule has 0 bridgehead atoms. The minimum absolute atomic E-state index is 0.107. The Balaban J connectivity index is 5.10. The van der Waals surface area contributed by atoms with Crippen molar-refractivity contribution in [3.8, 4) is 0 Å². The quantitative estimate of drug-likeness (QED) is 0.0222. The van der Waals surface area contributed by atoms with Crippen molar-refractivity contribution < 1.29 is 80.2 Å². The number of aliphatic hydroxyl groups is 1. The summed E-state index contributed by atoms with van der Waals surface area (Å²) < 4.78 is 68.6. The van der Waals surface area contributed by atoms with E-state index in [4.69, 9.17) is 37.0 Å². The maximum Gasteiger partial charge on any atom is 0.472 e. The molecule has 5 atom stereocenters. The fourth-order valence-electron chi connectivity index (χ4n) is 13.3. The van der Waals surface area contributed by atoms with E-state index in [-0.39, 0.29) is 25.7 Å². The van der Waals surface area contributed by atoms with Crippen LogP contribution >= 0.6 is 15.6 Å². The van der Waals surface area contributed by atoms with Gasteiger partial charge < -0.3 is 33.8 Å². The molecule has 0 aliphatic carbocycles. The summed E-state index contributed by atoms with van der Waals surface area (Å²) in [4.78, 5) is 72.9. The Bertz CT molecular complexity index is 1980. The SMILES string of the molecule is CCCCCCCCCCCCCCCCCCCCCCCCC(=O)O[C@H](COC(=O)CCCCCCCCCCCCCCCCCCCCCC)COP(=O)(O)OC[C@@H](O)COP(=O)(O)OC[C@@H](COC(=O)CCCCCCC)OC(=O)CCCCCCCCCCCCCCCCC(C)C. The van der Waals surface area contributed by atoms with E-state index in [2.05, 4.69) is 34.6 Å². The van der Waals surface area contributed by atoms with Crippen LogP contribution in [0.3, 0.4) is 0 Å². The van der Waals surface area contributed by atoms with E-state index in [1.54, 1.807) is 0 Å². The van der Waals surface area contributed by atoms with Crippen molar-refractivity contribution in [1.29, 1.82) is 0 Å². The highest BCUT2D eigenvalue weighted by Crippen LogP contribution is 2.45. The Morgan fingerprint density at radius 3 is 0.654 bits per heavy atom. The second-order valence-corrected chi connectivity index (χ2v) is 34.0. The number of carbonyl (C=O) groups is 4. The highest BCUT2D eigenvalue weighted by atomic mass is 31.2. The molecule has 17 nitrogen and oxygen atoms in total. The summed E-state index contributed by atoms with van der Waals surface area (Å²) in [5.74, 6) is -1.32. The molecule has 0 heterocycles. The Labute approximate surface area is 638 Å². The van der Waals surface area contributed by atoms with Gasteiger partial charge in [-0.1, -0.05) is 407 Å². The molecule has 19 heteroatoms. The molecule has 0 spiro atoms. The molecule has 0 rings (SSSR count). The van der Waals surface area contributed by atoms with Crippen LogP contribution in [0.5, 0.6) is 0 Å². The summed E-state index contributed by atoms with van der Waals surface area (Å²) in [6.45, 7) is 7.28. The maximum atomic E-state index is 13.1. The first-order valence-electron chi connectivity index (χ1n) is 44.1. The fourth-order valence-corrected chi connectivity index (χ4v) is 14.9. The molecule has 0 aliphatic heterocycles. The summed E-state index contributed by atoms with van der Waals surface area (Å²) in [6, 6.07) is 0. The van der Waals surface area contributed by atoms with Gasteiger partial charge in [-0.2, -0.15) is 0 Å². The second kappa shape index (κ2) is 77.8. The average Bonchev–Trinajstić information content (AvgIpc) is 0.904. The van der Waals surface area contributed by atoms with E-state index in [1.165, 1.54) is 276 Å². The average molecular weight is 1520 g/mol. The number of phosphoric acid groups is 2. The highest BCUT2D eigenvalue weighted by Gasteiger charge is 2.30. The molecule has 3 N–H and O–H groups in total. The van der Waals surface area contributed by atoms with Crippen molar-refractivity contribution in [2.75, 3.05) is 39.6 Å². The normalized spacial score (nSPS) is 13.8. The molecular weight excluding hydrogens is 1350 g/mol. The lowest BCUT2D eigenvalue weighted by Gasteiger charge is -2.21. The molecule has 618 valence electrons. The molecule has 0 fully saturated rings. The van der Waals surface area contributed by atoms with Gasteiger partial charge in [0.15, 0.2) is 12.2 Å². The van der Waals surface area contributed by atoms with Crippen LogP contribution in [-0.2, 0) is 65.4 Å². The number of phosphoric ester groups is 2. The minimum atomic E-state index is -4.96. The Kier molecular flexibility index (Phi) is 76.3. The van der Waals surface area contributed by atoms with Crippen LogP contribution in [0.1, 0.15) is 458 Å². The predicted octanol–water partition coefficient (Wildman–Crippen LogP) is 26.0. The molecule has 0 aliphatic rings. The summed E-state index contributed by atoms with van der Waals surface area (Å²) in [5.41, 5.74) is 0. The van der Waals surface area contributed by atoms with E-state index in [9.17, 15) is 43.2 Å². The number of ether oxygens (including phenoxy) is 4. The third kappa shape index (κ3) is 78.2. The largest absolute Gasteiger partial charge is 0.472 e. The molecule has 0 amide bonds. The van der Waals surface area contributed by atoms with Crippen LogP contribution in [0.2, 0.25) is 0 Å². The van der Waals surface area contributed by atoms with Crippen molar-refractivity contribution in [3.05, 3.63) is 0 Å². The number of carbonyl (C=O) groups excluding carboxylic acids is 4. The van der Waals surface area contributed by atoms with Gasteiger partial charge in [-0.05, 0) is 31.6 Å². The Hall–Kier alpha value is -1.94. The Morgan fingerprint density at radius 2 is 0.442 bits per heavy atom. The van der Waals surface area contributed by atoms with Crippen LogP contribution in [-0.4, -0.2) is 96.7 Å².